The number of halogens is 1. The van der Waals surface area contributed by atoms with Gasteiger partial charge < -0.3 is 14.1 Å². The van der Waals surface area contributed by atoms with Crippen molar-refractivity contribution in [3.63, 3.8) is 0 Å². The van der Waals surface area contributed by atoms with Crippen molar-refractivity contribution >= 4 is 23.2 Å². The van der Waals surface area contributed by atoms with E-state index in [0.29, 0.717) is 24.5 Å². The highest BCUT2D eigenvalue weighted by molar-refractivity contribution is 6.33. The lowest BCUT2D eigenvalue weighted by atomic mass is 10.0. The number of non-ortho nitro benzene ring substituents is 1. The lowest BCUT2D eigenvalue weighted by Gasteiger charge is -2.38. The molecule has 0 aliphatic carbocycles. The van der Waals surface area contributed by atoms with Crippen LogP contribution >= 0.6 is 11.6 Å². The van der Waals surface area contributed by atoms with Crippen molar-refractivity contribution in [1.82, 2.24) is 4.90 Å². The van der Waals surface area contributed by atoms with Crippen LogP contribution in [-0.4, -0.2) is 34.9 Å². The Morgan fingerprint density at radius 3 is 2.68 bits per heavy atom. The molecule has 2 atom stereocenters. The predicted octanol–water partition coefficient (Wildman–Crippen LogP) is 5.42. The molecular weight excluding hydrogens is 420 g/mol. The van der Waals surface area contributed by atoms with Gasteiger partial charge in [-0.25, -0.2) is 0 Å². The summed E-state index contributed by atoms with van der Waals surface area (Å²) in [5, 5.41) is 11.1. The Hall–Kier alpha value is -3.16. The smallest absolute Gasteiger partial charge is 0.290 e. The van der Waals surface area contributed by atoms with E-state index in [2.05, 4.69) is 0 Å². The first-order chi connectivity index (χ1) is 14.8. The molecule has 3 aromatic rings. The molecule has 4 rings (SSSR count). The van der Waals surface area contributed by atoms with E-state index in [0.717, 1.165) is 11.1 Å². The van der Waals surface area contributed by atoms with Crippen molar-refractivity contribution in [2.45, 2.75) is 26.0 Å². The van der Waals surface area contributed by atoms with E-state index in [1.54, 1.807) is 17.0 Å². The number of hydrogen-bond donors (Lipinski definition) is 0. The highest BCUT2D eigenvalue weighted by Crippen LogP contribution is 2.33. The van der Waals surface area contributed by atoms with E-state index in [4.69, 9.17) is 20.8 Å². The van der Waals surface area contributed by atoms with Gasteiger partial charge in [-0.3, -0.25) is 14.9 Å². The molecule has 8 heteroatoms. The van der Waals surface area contributed by atoms with Gasteiger partial charge >= 0.3 is 0 Å². The maximum absolute atomic E-state index is 13.2. The summed E-state index contributed by atoms with van der Waals surface area (Å²) in [6, 6.07) is 15.2. The number of amides is 1. The molecule has 0 spiro atoms. The van der Waals surface area contributed by atoms with E-state index in [1.165, 1.54) is 18.2 Å². The molecule has 0 unspecified atom stereocenters. The minimum absolute atomic E-state index is 0.107. The summed E-state index contributed by atoms with van der Waals surface area (Å²) >= 11 is 6.19. The molecule has 1 aliphatic heterocycles. The molecule has 0 N–H and O–H groups in total. The zero-order valence-electron chi connectivity index (χ0n) is 17.1. The monoisotopic (exact) mass is 440 g/mol. The van der Waals surface area contributed by atoms with E-state index < -0.39 is 4.92 Å². The molecule has 31 heavy (non-hydrogen) atoms. The number of carbonyl (C=O) groups excluding carboxylic acids is 1. The number of nitro benzene ring substituents is 1. The van der Waals surface area contributed by atoms with Crippen molar-refractivity contribution in [1.29, 1.82) is 0 Å². The molecule has 1 fully saturated rings. The largest absolute Gasteiger partial charge is 0.451 e. The number of benzene rings is 2. The van der Waals surface area contributed by atoms with Gasteiger partial charge in [0.2, 0.25) is 0 Å². The van der Waals surface area contributed by atoms with Gasteiger partial charge in [0.05, 0.1) is 29.1 Å². The van der Waals surface area contributed by atoms with Gasteiger partial charge in [0.25, 0.3) is 11.6 Å². The topological polar surface area (TPSA) is 85.8 Å². The molecule has 160 valence electrons. The van der Waals surface area contributed by atoms with E-state index in [1.807, 2.05) is 38.1 Å². The number of nitrogens with zero attached hydrogens (tertiary/aromatic N) is 2. The number of rotatable bonds is 4. The van der Waals surface area contributed by atoms with Crippen LogP contribution in [0.5, 0.6) is 0 Å². The highest BCUT2D eigenvalue weighted by atomic mass is 35.5. The minimum Gasteiger partial charge on any atom is -0.451 e. The standard InChI is InChI=1S/C23H21ClN2O5/c1-14-5-3-4-6-17(14)22-12-25(15(2)13-30-22)23(27)21-10-9-20(31-21)18-8-7-16(26(28)29)11-19(18)24/h3-11,15,22H,12-13H2,1-2H3/t15-,22+/m1/s1. The number of furan rings is 1. The van der Waals surface area contributed by atoms with Gasteiger partial charge in [-0.05, 0) is 43.2 Å². The fourth-order valence-corrected chi connectivity index (χ4v) is 4.00. The van der Waals surface area contributed by atoms with Crippen molar-refractivity contribution in [3.8, 4) is 11.3 Å². The van der Waals surface area contributed by atoms with Crippen LogP contribution in [0.2, 0.25) is 5.02 Å². The molecule has 1 saturated heterocycles. The molecular formula is C23H21ClN2O5. The van der Waals surface area contributed by atoms with Crippen molar-refractivity contribution in [2.75, 3.05) is 13.2 Å². The second-order valence-electron chi connectivity index (χ2n) is 7.57. The third kappa shape index (κ3) is 4.19. The number of carbonyl (C=O) groups is 1. The molecule has 1 aliphatic rings. The summed E-state index contributed by atoms with van der Waals surface area (Å²) in [4.78, 5) is 25.3. The van der Waals surface area contributed by atoms with Gasteiger partial charge in [-0.1, -0.05) is 35.9 Å². The Morgan fingerprint density at radius 2 is 1.97 bits per heavy atom. The zero-order valence-corrected chi connectivity index (χ0v) is 17.8. The second kappa shape index (κ2) is 8.53. The van der Waals surface area contributed by atoms with Crippen molar-refractivity contribution < 1.29 is 18.9 Å². The number of nitro groups is 1. The average molecular weight is 441 g/mol. The molecule has 2 aromatic carbocycles. The first-order valence-corrected chi connectivity index (χ1v) is 10.2. The van der Waals surface area contributed by atoms with Crippen molar-refractivity contribution in [2.24, 2.45) is 0 Å². The first-order valence-electron chi connectivity index (χ1n) is 9.87. The predicted molar refractivity (Wildman–Crippen MR) is 116 cm³/mol. The maximum atomic E-state index is 13.2. The summed E-state index contributed by atoms with van der Waals surface area (Å²) in [5.41, 5.74) is 2.55. The molecule has 0 saturated carbocycles. The Balaban J connectivity index is 1.56. The van der Waals surface area contributed by atoms with Gasteiger partial charge in [-0.2, -0.15) is 0 Å². The fraction of sp³-hybridized carbons (Fsp3) is 0.261. The number of ether oxygens (including phenoxy) is 1. The number of aryl methyl sites for hydroxylation is 1. The Kier molecular flexibility index (Phi) is 5.80. The molecule has 0 bridgehead atoms. The quantitative estimate of drug-likeness (QED) is 0.399. The third-order valence-corrected chi connectivity index (χ3v) is 5.79. The van der Waals surface area contributed by atoms with Crippen LogP contribution in [0.25, 0.3) is 11.3 Å². The Bertz CT molecular complexity index is 1140. The molecule has 0 radical (unpaired) electrons. The van der Waals surface area contributed by atoms with Crippen LogP contribution in [0.3, 0.4) is 0 Å². The maximum Gasteiger partial charge on any atom is 0.290 e. The Morgan fingerprint density at radius 1 is 1.19 bits per heavy atom. The lowest BCUT2D eigenvalue weighted by Crippen LogP contribution is -2.48. The highest BCUT2D eigenvalue weighted by Gasteiger charge is 2.33. The van der Waals surface area contributed by atoms with Crippen LogP contribution in [0.1, 0.15) is 34.7 Å². The molecule has 2 heterocycles. The first kappa shape index (κ1) is 21.1. The van der Waals surface area contributed by atoms with Crippen molar-refractivity contribution in [3.05, 3.63) is 86.6 Å². The van der Waals surface area contributed by atoms with Crippen LogP contribution in [-0.2, 0) is 4.74 Å². The van der Waals surface area contributed by atoms with Crippen LogP contribution in [0.15, 0.2) is 59.0 Å². The van der Waals surface area contributed by atoms with E-state index >= 15 is 0 Å². The second-order valence-corrected chi connectivity index (χ2v) is 7.98. The zero-order chi connectivity index (χ0) is 22.1. The molecule has 7 nitrogen and oxygen atoms in total. The summed E-state index contributed by atoms with van der Waals surface area (Å²) in [7, 11) is 0. The van der Waals surface area contributed by atoms with E-state index in [-0.39, 0.29) is 34.5 Å². The minimum atomic E-state index is -0.516. The van der Waals surface area contributed by atoms with Crippen LogP contribution in [0, 0.1) is 17.0 Å². The average Bonchev–Trinajstić information content (AvgIpc) is 3.24. The van der Waals surface area contributed by atoms with Gasteiger partial charge in [0, 0.05) is 17.7 Å². The summed E-state index contributed by atoms with van der Waals surface area (Å²) in [5.74, 6) is 0.319. The normalized spacial score (nSPS) is 18.7. The van der Waals surface area contributed by atoms with E-state index in [9.17, 15) is 14.9 Å². The molecule has 1 aromatic heterocycles. The summed E-state index contributed by atoms with van der Waals surface area (Å²) < 4.78 is 11.8. The fourth-order valence-electron chi connectivity index (χ4n) is 3.73. The van der Waals surface area contributed by atoms with Gasteiger partial charge in [-0.15, -0.1) is 0 Å². The SMILES string of the molecule is Cc1ccccc1[C@@H]1CN(C(=O)c2ccc(-c3ccc([N+](=O)[O-])cc3Cl)o2)[C@H](C)CO1. The summed E-state index contributed by atoms with van der Waals surface area (Å²) in [6.45, 7) is 4.80. The Labute approximate surface area is 184 Å². The van der Waals surface area contributed by atoms with Gasteiger partial charge in [0.1, 0.15) is 11.9 Å². The van der Waals surface area contributed by atoms with Crippen LogP contribution < -0.4 is 0 Å². The number of hydrogen-bond acceptors (Lipinski definition) is 5. The lowest BCUT2D eigenvalue weighted by molar-refractivity contribution is -0.384. The summed E-state index contributed by atoms with van der Waals surface area (Å²) in [6.07, 6.45) is -0.208. The molecule has 1 amide bonds. The third-order valence-electron chi connectivity index (χ3n) is 5.48. The van der Waals surface area contributed by atoms with Gasteiger partial charge in [0.15, 0.2) is 5.76 Å². The van der Waals surface area contributed by atoms with Crippen LogP contribution in [0.4, 0.5) is 5.69 Å². The number of morpholine rings is 1.